The first kappa shape index (κ1) is 38.7. The Morgan fingerprint density at radius 1 is 0.667 bits per heavy atom. The molecule has 4 fully saturated rings. The van der Waals surface area contributed by atoms with Gasteiger partial charge in [-0.25, -0.2) is 24.2 Å². The quantitative estimate of drug-likeness (QED) is 0.144. The first-order valence-electron chi connectivity index (χ1n) is 17.8. The third kappa shape index (κ3) is 6.11. The second kappa shape index (κ2) is 14.3. The van der Waals surface area contributed by atoms with Gasteiger partial charge in [-0.3, -0.25) is 19.4 Å². The smallest absolute Gasteiger partial charge is 0.310 e. The lowest BCUT2D eigenvalue weighted by molar-refractivity contribution is -0.125. The summed E-state index contributed by atoms with van der Waals surface area (Å²) in [6, 6.07) is 24.2. The molecule has 0 aromatic heterocycles. The van der Waals surface area contributed by atoms with E-state index in [9.17, 15) is 24.4 Å². The molecule has 8 rings (SSSR count). The number of likely N-dealkylation sites (tertiary alicyclic amines) is 2. The summed E-state index contributed by atoms with van der Waals surface area (Å²) in [6.45, 7) is 8.68. The van der Waals surface area contributed by atoms with E-state index in [0.29, 0.717) is 24.3 Å². The van der Waals surface area contributed by atoms with Gasteiger partial charge in [0.05, 0.1) is 36.2 Å². The number of rotatable bonds is 6. The molecule has 2 spiro atoms. The number of nitriles is 1. The van der Waals surface area contributed by atoms with E-state index in [1.807, 2.05) is 12.1 Å². The van der Waals surface area contributed by atoms with Crippen molar-refractivity contribution in [3.63, 3.8) is 0 Å². The van der Waals surface area contributed by atoms with Crippen LogP contribution >= 0.6 is 46.4 Å². The van der Waals surface area contributed by atoms with Crippen LogP contribution in [0, 0.1) is 17.9 Å². The van der Waals surface area contributed by atoms with Crippen LogP contribution in [0.3, 0.4) is 0 Å². The molecule has 0 saturated carbocycles. The van der Waals surface area contributed by atoms with Gasteiger partial charge in [-0.15, -0.1) is 0 Å². The van der Waals surface area contributed by atoms with Gasteiger partial charge in [-0.1, -0.05) is 82.8 Å². The first-order chi connectivity index (χ1) is 27.2. The van der Waals surface area contributed by atoms with E-state index >= 15 is 0 Å². The maximum Gasteiger partial charge on any atom is 0.332 e. The summed E-state index contributed by atoms with van der Waals surface area (Å²) in [6.07, 6.45) is 0. The largest absolute Gasteiger partial charge is 0.332 e. The van der Waals surface area contributed by atoms with Crippen molar-refractivity contribution < 1.29 is 19.2 Å². The third-order valence-electron chi connectivity index (χ3n) is 11.7. The number of benzene rings is 4. The lowest BCUT2D eigenvalue weighted by atomic mass is 9.80. The molecule has 57 heavy (non-hydrogen) atoms. The van der Waals surface area contributed by atoms with Crippen molar-refractivity contribution in [1.82, 2.24) is 19.6 Å². The maximum absolute atomic E-state index is 14.8. The molecule has 6 amide bonds. The second-order valence-corrected chi connectivity index (χ2v) is 16.5. The number of nitrogens with zero attached hydrogens (tertiary/aromatic N) is 8. The van der Waals surface area contributed by atoms with E-state index in [-0.39, 0.29) is 51.2 Å². The van der Waals surface area contributed by atoms with Crippen molar-refractivity contribution >= 4 is 87.3 Å². The van der Waals surface area contributed by atoms with E-state index in [1.54, 1.807) is 50.5 Å². The predicted octanol–water partition coefficient (Wildman–Crippen LogP) is 7.85. The molecular weight excluding hydrogens is 810 g/mol. The number of imide groups is 2. The molecular formula is C41H32Cl4N8O4. The van der Waals surface area contributed by atoms with Crippen molar-refractivity contribution in [2.45, 2.75) is 22.9 Å². The summed E-state index contributed by atoms with van der Waals surface area (Å²) >= 11 is 25.3. The Hall–Kier alpha value is -5.18. The van der Waals surface area contributed by atoms with Crippen LogP contribution in [-0.2, 0) is 9.59 Å². The van der Waals surface area contributed by atoms with Gasteiger partial charge in [0.2, 0.25) is 0 Å². The lowest BCUT2D eigenvalue weighted by Gasteiger charge is -2.34. The predicted molar refractivity (Wildman–Crippen MR) is 217 cm³/mol. The van der Waals surface area contributed by atoms with Gasteiger partial charge >= 0.3 is 12.1 Å². The van der Waals surface area contributed by atoms with E-state index in [0.717, 1.165) is 20.9 Å². The van der Waals surface area contributed by atoms with Crippen LogP contribution in [-0.4, -0.2) is 101 Å². The molecule has 12 nitrogen and oxygen atoms in total. The topological polar surface area (TPSA) is 116 Å². The average Bonchev–Trinajstić information content (AvgIpc) is 3.86. The minimum atomic E-state index is -1.37. The summed E-state index contributed by atoms with van der Waals surface area (Å²) in [5.74, 6) is -1.95. The van der Waals surface area contributed by atoms with Gasteiger partial charge in [-0.05, 0) is 59.7 Å². The molecule has 4 aromatic carbocycles. The number of amides is 6. The van der Waals surface area contributed by atoms with Gasteiger partial charge in [0.15, 0.2) is 5.69 Å². The highest BCUT2D eigenvalue weighted by molar-refractivity contribution is 6.36. The average molecular weight is 843 g/mol. The fourth-order valence-corrected chi connectivity index (χ4v) is 10.1. The van der Waals surface area contributed by atoms with Crippen LogP contribution < -0.4 is 9.80 Å². The summed E-state index contributed by atoms with van der Waals surface area (Å²) in [5, 5.41) is 10.6. The number of likely N-dealkylation sites (N-methyl/N-ethyl adjacent to an activating group) is 2. The van der Waals surface area contributed by atoms with Gasteiger partial charge in [0.25, 0.3) is 11.8 Å². The van der Waals surface area contributed by atoms with Crippen molar-refractivity contribution in [3.05, 3.63) is 133 Å². The number of anilines is 2. The summed E-state index contributed by atoms with van der Waals surface area (Å²) in [7, 11) is 3.21. The van der Waals surface area contributed by atoms with E-state index < -0.39 is 46.8 Å². The molecule has 0 N–H and O–H groups in total. The second-order valence-electron chi connectivity index (χ2n) is 14.8. The van der Waals surface area contributed by atoms with E-state index in [2.05, 4.69) is 20.7 Å². The van der Waals surface area contributed by atoms with Gasteiger partial charge in [-0.2, -0.15) is 5.26 Å². The van der Waals surface area contributed by atoms with Crippen LogP contribution in [0.5, 0.6) is 0 Å². The Kier molecular flexibility index (Phi) is 9.73. The SMILES string of the molecule is [C-]#[N+]c1ccc([C@@H]2CN(CN3C[C@@H](c4ccc(C#N)cc4)[C@]4(C3)C(=O)N(c3cc(Cl)cc(Cl)c3)C(=O)N4C)C[C@]23C(=O)N(c2cc(Cl)cc(Cl)c2)C(=O)N3C)cc1. The molecule has 0 bridgehead atoms. The Labute approximate surface area is 348 Å². The van der Waals surface area contributed by atoms with Crippen LogP contribution in [0.4, 0.5) is 26.7 Å². The van der Waals surface area contributed by atoms with Crippen LogP contribution in [0.15, 0.2) is 84.9 Å². The number of carbonyl (C=O) groups is 4. The molecule has 16 heteroatoms. The van der Waals surface area contributed by atoms with Gasteiger partial charge in [0, 0.05) is 72.2 Å². The molecule has 4 aliphatic heterocycles. The number of urea groups is 2. The first-order valence-corrected chi connectivity index (χ1v) is 19.3. The highest BCUT2D eigenvalue weighted by Crippen LogP contribution is 2.50. The van der Waals surface area contributed by atoms with Crippen LogP contribution in [0.2, 0.25) is 20.1 Å². The molecule has 4 saturated heterocycles. The third-order valence-corrected chi connectivity index (χ3v) is 12.6. The fraction of sp³-hybridized carbons (Fsp3) is 0.268. The molecule has 0 aliphatic carbocycles. The highest BCUT2D eigenvalue weighted by Gasteiger charge is 2.67. The monoisotopic (exact) mass is 840 g/mol. The Balaban J connectivity index is 1.17. The number of hydrogen-bond donors (Lipinski definition) is 0. The van der Waals surface area contributed by atoms with Crippen molar-refractivity contribution in [1.29, 1.82) is 5.26 Å². The van der Waals surface area contributed by atoms with Crippen molar-refractivity contribution in [2.75, 3.05) is 56.7 Å². The van der Waals surface area contributed by atoms with E-state index in [4.69, 9.17) is 53.0 Å². The molecule has 4 heterocycles. The Morgan fingerprint density at radius 3 is 1.42 bits per heavy atom. The van der Waals surface area contributed by atoms with Crippen LogP contribution in [0.25, 0.3) is 4.85 Å². The molecule has 4 atom stereocenters. The molecule has 4 aromatic rings. The van der Waals surface area contributed by atoms with E-state index in [1.165, 1.54) is 46.2 Å². The van der Waals surface area contributed by atoms with Crippen molar-refractivity contribution in [2.24, 2.45) is 0 Å². The summed E-state index contributed by atoms with van der Waals surface area (Å²) < 4.78 is 0. The Morgan fingerprint density at radius 2 is 1.05 bits per heavy atom. The minimum Gasteiger partial charge on any atom is -0.310 e. The number of halogens is 4. The summed E-state index contributed by atoms with van der Waals surface area (Å²) in [4.78, 5) is 70.7. The zero-order valence-corrected chi connectivity index (χ0v) is 33.5. The lowest BCUT2D eigenvalue weighted by Crippen LogP contribution is -2.55. The molecule has 0 unspecified atom stereocenters. The highest BCUT2D eigenvalue weighted by atomic mass is 35.5. The maximum atomic E-state index is 14.8. The zero-order chi connectivity index (χ0) is 40.6. The van der Waals surface area contributed by atoms with Crippen molar-refractivity contribution in [3.8, 4) is 6.07 Å². The number of carbonyl (C=O) groups excluding carboxylic acids is 4. The van der Waals surface area contributed by atoms with Gasteiger partial charge < -0.3 is 9.80 Å². The van der Waals surface area contributed by atoms with Gasteiger partial charge in [0.1, 0.15) is 11.1 Å². The number of hydrogen-bond acceptors (Lipinski definition) is 7. The standard InChI is InChI=1S/C41H32Cl4N8O4/c1-47-31-10-8-26(9-11-31)35-20-51(22-41(35)37(55)53(39(57)49(41)3)33-16-29(44)13-30(45)17-33)23-50-19-34(25-6-4-24(18-46)5-7-25)40(21-50)36(54)52(38(56)48(40)2)32-14-27(42)12-28(43)15-32/h4-17,34-35H,19-23H2,2-3H3/t34-,35-,40+,41+/m0/s1. The normalized spacial score (nSPS) is 25.1. The summed E-state index contributed by atoms with van der Waals surface area (Å²) in [5.41, 5.74) is 0.171. The molecule has 0 radical (unpaired) electrons. The zero-order valence-electron chi connectivity index (χ0n) is 30.5. The molecule has 4 aliphatic rings. The van der Waals surface area contributed by atoms with Crippen LogP contribution in [0.1, 0.15) is 28.5 Å². The minimum absolute atomic E-state index is 0.132. The molecule has 288 valence electrons. The Bertz CT molecular complexity index is 2240. The fourth-order valence-electron chi connectivity index (χ4n) is 9.08.